The Balaban J connectivity index is 2.02. The van der Waals surface area contributed by atoms with Crippen LogP contribution in [-0.2, 0) is 5.41 Å². The van der Waals surface area contributed by atoms with Crippen molar-refractivity contribution < 1.29 is 4.74 Å². The molecule has 1 unspecified atom stereocenters. The fraction of sp³-hybridized carbons (Fsp3) is 0.292. The van der Waals surface area contributed by atoms with Gasteiger partial charge in [0.2, 0.25) is 0 Å². The zero-order chi connectivity index (χ0) is 19.4. The van der Waals surface area contributed by atoms with Gasteiger partial charge in [-0.3, -0.25) is 0 Å². The summed E-state index contributed by atoms with van der Waals surface area (Å²) in [6, 6.07) is 21.1. The van der Waals surface area contributed by atoms with Gasteiger partial charge in [0.15, 0.2) is 0 Å². The number of aromatic nitrogens is 1. The van der Waals surface area contributed by atoms with E-state index in [1.807, 2.05) is 24.4 Å². The van der Waals surface area contributed by atoms with Crippen molar-refractivity contribution in [3.8, 4) is 5.75 Å². The van der Waals surface area contributed by atoms with Gasteiger partial charge >= 0.3 is 0 Å². The van der Waals surface area contributed by atoms with Gasteiger partial charge in [0, 0.05) is 6.20 Å². The topological polar surface area (TPSA) is 34.1 Å². The monoisotopic (exact) mass is 360 g/mol. The molecular weight excluding hydrogens is 332 g/mol. The standard InChI is InChI=1S/C24H28N2O/c1-17-8-7-15-25-23(17)26-22(19-9-6-10-21(16-19)27-5)18-11-13-20(14-12-18)24(2,3)4/h6-16,22H,1-5H3,(H,25,26). The van der Waals surface area contributed by atoms with Gasteiger partial charge in [0.05, 0.1) is 13.2 Å². The summed E-state index contributed by atoms with van der Waals surface area (Å²) < 4.78 is 5.44. The number of aryl methyl sites for hydroxylation is 1. The number of benzene rings is 2. The van der Waals surface area contributed by atoms with Crippen LogP contribution in [-0.4, -0.2) is 12.1 Å². The van der Waals surface area contributed by atoms with Gasteiger partial charge in [0.25, 0.3) is 0 Å². The molecule has 1 aromatic heterocycles. The third kappa shape index (κ3) is 4.48. The second-order valence-corrected chi connectivity index (χ2v) is 7.89. The van der Waals surface area contributed by atoms with E-state index < -0.39 is 0 Å². The largest absolute Gasteiger partial charge is 0.497 e. The molecule has 0 aliphatic carbocycles. The highest BCUT2D eigenvalue weighted by atomic mass is 16.5. The van der Waals surface area contributed by atoms with E-state index in [0.717, 1.165) is 22.7 Å². The minimum absolute atomic E-state index is 0.0114. The molecule has 1 N–H and O–H groups in total. The average molecular weight is 361 g/mol. The van der Waals surface area contributed by atoms with Crippen LogP contribution in [0.25, 0.3) is 0 Å². The molecule has 0 aliphatic rings. The maximum absolute atomic E-state index is 5.44. The van der Waals surface area contributed by atoms with Crippen LogP contribution >= 0.6 is 0 Å². The van der Waals surface area contributed by atoms with Crippen LogP contribution in [0.4, 0.5) is 5.82 Å². The van der Waals surface area contributed by atoms with E-state index in [1.165, 1.54) is 11.1 Å². The number of hydrogen-bond acceptors (Lipinski definition) is 3. The van der Waals surface area contributed by atoms with Crippen molar-refractivity contribution in [1.82, 2.24) is 4.98 Å². The molecule has 0 saturated heterocycles. The fourth-order valence-corrected chi connectivity index (χ4v) is 3.13. The van der Waals surface area contributed by atoms with Crippen molar-refractivity contribution in [1.29, 1.82) is 0 Å². The summed E-state index contributed by atoms with van der Waals surface area (Å²) in [5.41, 5.74) is 4.92. The molecule has 27 heavy (non-hydrogen) atoms. The molecule has 0 amide bonds. The zero-order valence-electron chi connectivity index (χ0n) is 16.8. The Hall–Kier alpha value is -2.81. The molecule has 140 valence electrons. The van der Waals surface area contributed by atoms with Crippen LogP contribution in [0.1, 0.15) is 49.1 Å². The van der Waals surface area contributed by atoms with Gasteiger partial charge in [0.1, 0.15) is 11.6 Å². The first-order valence-corrected chi connectivity index (χ1v) is 9.31. The highest BCUT2D eigenvalue weighted by Gasteiger charge is 2.18. The first-order valence-electron chi connectivity index (χ1n) is 9.31. The van der Waals surface area contributed by atoms with E-state index in [9.17, 15) is 0 Å². The van der Waals surface area contributed by atoms with Crippen molar-refractivity contribution in [2.45, 2.75) is 39.2 Å². The summed E-state index contributed by atoms with van der Waals surface area (Å²) in [5.74, 6) is 1.74. The number of hydrogen-bond donors (Lipinski definition) is 1. The van der Waals surface area contributed by atoms with Crippen LogP contribution in [0.5, 0.6) is 5.75 Å². The Bertz CT molecular complexity index is 895. The second kappa shape index (κ2) is 7.83. The lowest BCUT2D eigenvalue weighted by Gasteiger charge is -2.24. The SMILES string of the molecule is COc1cccc(C(Nc2ncccc2C)c2ccc(C(C)(C)C)cc2)c1. The summed E-state index contributed by atoms with van der Waals surface area (Å²) >= 11 is 0. The van der Waals surface area contributed by atoms with Crippen molar-refractivity contribution in [2.24, 2.45) is 0 Å². The zero-order valence-corrected chi connectivity index (χ0v) is 16.8. The van der Waals surface area contributed by atoms with E-state index in [1.54, 1.807) is 7.11 Å². The number of anilines is 1. The fourth-order valence-electron chi connectivity index (χ4n) is 3.13. The third-order valence-electron chi connectivity index (χ3n) is 4.83. The van der Waals surface area contributed by atoms with E-state index >= 15 is 0 Å². The molecule has 1 atom stereocenters. The Morgan fingerprint density at radius 3 is 2.30 bits per heavy atom. The maximum Gasteiger partial charge on any atom is 0.129 e. The molecule has 0 radical (unpaired) electrons. The number of nitrogens with zero attached hydrogens (tertiary/aromatic N) is 1. The van der Waals surface area contributed by atoms with Gasteiger partial charge < -0.3 is 10.1 Å². The summed E-state index contributed by atoms with van der Waals surface area (Å²) in [7, 11) is 1.70. The summed E-state index contributed by atoms with van der Waals surface area (Å²) in [6.45, 7) is 8.77. The molecule has 3 heteroatoms. The smallest absolute Gasteiger partial charge is 0.129 e. The maximum atomic E-state index is 5.44. The molecule has 0 aliphatic heterocycles. The lowest BCUT2D eigenvalue weighted by molar-refractivity contribution is 0.414. The minimum Gasteiger partial charge on any atom is -0.497 e. The first-order chi connectivity index (χ1) is 12.9. The highest BCUT2D eigenvalue weighted by molar-refractivity contribution is 5.50. The number of ether oxygens (including phenoxy) is 1. The number of pyridine rings is 1. The number of nitrogens with one attached hydrogen (secondary N) is 1. The normalized spacial score (nSPS) is 12.5. The average Bonchev–Trinajstić information content (AvgIpc) is 2.67. The molecule has 0 spiro atoms. The van der Waals surface area contributed by atoms with Crippen LogP contribution in [0, 0.1) is 6.92 Å². The molecule has 0 bridgehead atoms. The molecule has 2 aromatic carbocycles. The van der Waals surface area contributed by atoms with Crippen molar-refractivity contribution in [3.05, 3.63) is 89.1 Å². The summed E-state index contributed by atoms with van der Waals surface area (Å²) in [4.78, 5) is 4.53. The summed E-state index contributed by atoms with van der Waals surface area (Å²) in [5, 5.41) is 3.62. The number of rotatable bonds is 5. The molecule has 3 aromatic rings. The van der Waals surface area contributed by atoms with Gasteiger partial charge in [-0.1, -0.05) is 63.2 Å². The first kappa shape index (κ1) is 19.0. The second-order valence-electron chi connectivity index (χ2n) is 7.89. The predicted molar refractivity (Wildman–Crippen MR) is 113 cm³/mol. The van der Waals surface area contributed by atoms with Crippen molar-refractivity contribution in [2.75, 3.05) is 12.4 Å². The van der Waals surface area contributed by atoms with Crippen LogP contribution in [0.2, 0.25) is 0 Å². The molecule has 1 heterocycles. The Kier molecular flexibility index (Phi) is 5.50. The predicted octanol–water partition coefficient (Wildman–Crippen LogP) is 5.90. The van der Waals surface area contributed by atoms with Crippen molar-refractivity contribution >= 4 is 5.82 Å². The summed E-state index contributed by atoms with van der Waals surface area (Å²) in [6.07, 6.45) is 1.82. The lowest BCUT2D eigenvalue weighted by Crippen LogP contribution is -2.15. The van der Waals surface area contributed by atoms with Gasteiger partial charge in [-0.2, -0.15) is 0 Å². The molecule has 3 nitrogen and oxygen atoms in total. The van der Waals surface area contributed by atoms with E-state index in [-0.39, 0.29) is 11.5 Å². The van der Waals surface area contributed by atoms with Crippen molar-refractivity contribution in [3.63, 3.8) is 0 Å². The van der Waals surface area contributed by atoms with Gasteiger partial charge in [-0.15, -0.1) is 0 Å². The Morgan fingerprint density at radius 1 is 0.926 bits per heavy atom. The lowest BCUT2D eigenvalue weighted by atomic mass is 9.85. The molecular formula is C24H28N2O. The van der Waals surface area contributed by atoms with E-state index in [0.29, 0.717) is 0 Å². The molecule has 3 rings (SSSR count). The number of methoxy groups -OCH3 is 1. The highest BCUT2D eigenvalue weighted by Crippen LogP contribution is 2.31. The molecule has 0 fully saturated rings. The Morgan fingerprint density at radius 2 is 1.67 bits per heavy atom. The Labute approximate surface area is 162 Å². The van der Waals surface area contributed by atoms with Crippen LogP contribution in [0.15, 0.2) is 66.9 Å². The molecule has 0 saturated carbocycles. The minimum atomic E-state index is -0.0114. The third-order valence-corrected chi connectivity index (χ3v) is 4.83. The van der Waals surface area contributed by atoms with E-state index in [2.05, 4.69) is 80.5 Å². The quantitative estimate of drug-likeness (QED) is 0.615. The van der Waals surface area contributed by atoms with E-state index in [4.69, 9.17) is 4.74 Å². The van der Waals surface area contributed by atoms with Gasteiger partial charge in [-0.05, 0) is 52.8 Å². The van der Waals surface area contributed by atoms with Crippen LogP contribution < -0.4 is 10.1 Å². The van der Waals surface area contributed by atoms with Gasteiger partial charge in [-0.25, -0.2) is 4.98 Å². The van der Waals surface area contributed by atoms with Crippen LogP contribution in [0.3, 0.4) is 0 Å².